The van der Waals surface area contributed by atoms with Gasteiger partial charge in [0.25, 0.3) is 12.0 Å². The molecule has 2 saturated heterocycles. The lowest BCUT2D eigenvalue weighted by Crippen LogP contribution is -2.44. The minimum Gasteiger partial charge on any atom is -0.376 e. The van der Waals surface area contributed by atoms with Crippen molar-refractivity contribution in [3.63, 3.8) is 0 Å². The van der Waals surface area contributed by atoms with Crippen LogP contribution in [0.2, 0.25) is 0 Å². The summed E-state index contributed by atoms with van der Waals surface area (Å²) in [5.41, 5.74) is -0.865. The highest BCUT2D eigenvalue weighted by atomic mass is 19.3. The molecule has 0 aromatic carbocycles. The molecular formula is C16H23F2N3O3. The molecule has 0 bridgehead atoms. The molecule has 0 N–H and O–H groups in total. The molecule has 2 aliphatic rings. The largest absolute Gasteiger partial charge is 0.376 e. The molecule has 2 aliphatic heterocycles. The monoisotopic (exact) mass is 343 g/mol. The standard InChI is InChI=1S/C16H23F2N3O3/c17-16(18)14-7-15(22)21(11-19-14)8-12-1-3-20(4-2-12)9-13-10-23-5-6-24-13/h7,11-13,16H,1-6,8-10H2. The van der Waals surface area contributed by atoms with Crippen LogP contribution in [0.25, 0.3) is 0 Å². The van der Waals surface area contributed by atoms with Gasteiger partial charge in [-0.2, -0.15) is 0 Å². The zero-order valence-electron chi connectivity index (χ0n) is 13.6. The molecule has 0 amide bonds. The number of ether oxygens (including phenoxy) is 2. The van der Waals surface area contributed by atoms with Gasteiger partial charge in [0.05, 0.1) is 32.3 Å². The number of aromatic nitrogens is 2. The molecule has 3 rings (SSSR count). The Labute approximate surface area is 139 Å². The van der Waals surface area contributed by atoms with E-state index in [1.165, 1.54) is 10.9 Å². The smallest absolute Gasteiger partial charge is 0.280 e. The number of rotatable bonds is 5. The van der Waals surface area contributed by atoms with Crippen LogP contribution in [0.15, 0.2) is 17.2 Å². The highest BCUT2D eigenvalue weighted by Crippen LogP contribution is 2.20. The van der Waals surface area contributed by atoms with Crippen molar-refractivity contribution >= 4 is 0 Å². The Morgan fingerprint density at radius 1 is 1.25 bits per heavy atom. The van der Waals surface area contributed by atoms with Crippen LogP contribution in [0.3, 0.4) is 0 Å². The lowest BCUT2D eigenvalue weighted by molar-refractivity contribution is -0.0994. The van der Waals surface area contributed by atoms with Gasteiger partial charge in [-0.1, -0.05) is 0 Å². The van der Waals surface area contributed by atoms with Crippen LogP contribution >= 0.6 is 0 Å². The maximum Gasteiger partial charge on any atom is 0.280 e. The Bertz CT molecular complexity index is 582. The van der Waals surface area contributed by atoms with Gasteiger partial charge in [-0.05, 0) is 31.8 Å². The van der Waals surface area contributed by atoms with Crippen LogP contribution in [0.1, 0.15) is 25.0 Å². The van der Waals surface area contributed by atoms with E-state index in [1.54, 1.807) is 0 Å². The van der Waals surface area contributed by atoms with Gasteiger partial charge in [0.1, 0.15) is 5.69 Å². The van der Waals surface area contributed by atoms with E-state index in [-0.39, 0.29) is 6.10 Å². The molecule has 8 heteroatoms. The first-order valence-electron chi connectivity index (χ1n) is 8.38. The summed E-state index contributed by atoms with van der Waals surface area (Å²) < 4.78 is 37.6. The van der Waals surface area contributed by atoms with Crippen molar-refractivity contribution in [2.24, 2.45) is 5.92 Å². The number of piperidine rings is 1. The molecule has 2 fully saturated rings. The number of hydrogen-bond acceptors (Lipinski definition) is 5. The molecule has 1 atom stereocenters. The van der Waals surface area contributed by atoms with Gasteiger partial charge in [-0.15, -0.1) is 0 Å². The third-order valence-electron chi connectivity index (χ3n) is 4.63. The summed E-state index contributed by atoms with van der Waals surface area (Å²) in [6, 6.07) is 0.931. The summed E-state index contributed by atoms with van der Waals surface area (Å²) in [6.45, 7) is 5.28. The van der Waals surface area contributed by atoms with Gasteiger partial charge >= 0.3 is 0 Å². The predicted molar refractivity (Wildman–Crippen MR) is 83.2 cm³/mol. The highest BCUT2D eigenvalue weighted by Gasteiger charge is 2.24. The van der Waals surface area contributed by atoms with Crippen molar-refractivity contribution in [3.8, 4) is 0 Å². The van der Waals surface area contributed by atoms with Crippen LogP contribution in [0.4, 0.5) is 8.78 Å². The van der Waals surface area contributed by atoms with Crippen LogP contribution in [0.5, 0.6) is 0 Å². The second kappa shape index (κ2) is 8.13. The van der Waals surface area contributed by atoms with Crippen molar-refractivity contribution in [1.82, 2.24) is 14.5 Å². The fraction of sp³-hybridized carbons (Fsp3) is 0.750. The van der Waals surface area contributed by atoms with Crippen molar-refractivity contribution in [2.75, 3.05) is 39.5 Å². The second-order valence-corrected chi connectivity index (χ2v) is 6.42. The first kappa shape index (κ1) is 17.4. The predicted octanol–water partition coefficient (Wildman–Crippen LogP) is 1.31. The summed E-state index contributed by atoms with van der Waals surface area (Å²) in [5.74, 6) is 0.363. The van der Waals surface area contributed by atoms with Crippen molar-refractivity contribution in [3.05, 3.63) is 28.4 Å². The van der Waals surface area contributed by atoms with E-state index in [1.807, 2.05) is 0 Å². The van der Waals surface area contributed by atoms with Crippen LogP contribution in [0, 0.1) is 5.92 Å². The molecule has 0 saturated carbocycles. The normalized spacial score (nSPS) is 23.7. The number of halogens is 2. The van der Waals surface area contributed by atoms with E-state index < -0.39 is 17.7 Å². The van der Waals surface area contributed by atoms with E-state index in [2.05, 4.69) is 9.88 Å². The SMILES string of the molecule is O=c1cc(C(F)F)ncn1CC1CCN(CC2COCCO2)CC1. The third kappa shape index (κ3) is 4.58. The third-order valence-corrected chi connectivity index (χ3v) is 4.63. The summed E-state index contributed by atoms with van der Waals surface area (Å²) in [6.07, 6.45) is 0.613. The molecular weight excluding hydrogens is 320 g/mol. The molecule has 0 spiro atoms. The van der Waals surface area contributed by atoms with Crippen molar-refractivity contribution in [2.45, 2.75) is 31.9 Å². The molecule has 134 valence electrons. The minimum atomic E-state index is -2.71. The van der Waals surface area contributed by atoms with Gasteiger partial charge in [0, 0.05) is 19.2 Å². The molecule has 1 aromatic rings. The molecule has 3 heterocycles. The lowest BCUT2D eigenvalue weighted by Gasteiger charge is -2.35. The highest BCUT2D eigenvalue weighted by molar-refractivity contribution is 5.00. The number of likely N-dealkylation sites (tertiary alicyclic amines) is 1. The zero-order valence-corrected chi connectivity index (χ0v) is 13.6. The van der Waals surface area contributed by atoms with Gasteiger partial charge < -0.3 is 14.4 Å². The minimum absolute atomic E-state index is 0.143. The topological polar surface area (TPSA) is 56.6 Å². The Balaban J connectivity index is 1.47. The first-order valence-corrected chi connectivity index (χ1v) is 8.38. The Morgan fingerprint density at radius 3 is 2.67 bits per heavy atom. The van der Waals surface area contributed by atoms with Crippen LogP contribution in [-0.4, -0.2) is 60.0 Å². The molecule has 1 aromatic heterocycles. The van der Waals surface area contributed by atoms with E-state index in [0.717, 1.165) is 38.5 Å². The molecule has 24 heavy (non-hydrogen) atoms. The Kier molecular flexibility index (Phi) is 5.91. The number of nitrogens with zero attached hydrogens (tertiary/aromatic N) is 3. The van der Waals surface area contributed by atoms with Gasteiger partial charge in [0.15, 0.2) is 0 Å². The fourth-order valence-corrected chi connectivity index (χ4v) is 3.26. The summed E-state index contributed by atoms with van der Waals surface area (Å²) in [4.78, 5) is 17.9. The summed E-state index contributed by atoms with van der Waals surface area (Å²) in [7, 11) is 0. The molecule has 0 aliphatic carbocycles. The van der Waals surface area contributed by atoms with E-state index in [4.69, 9.17) is 9.47 Å². The van der Waals surface area contributed by atoms with E-state index in [0.29, 0.717) is 32.3 Å². The summed E-state index contributed by atoms with van der Waals surface area (Å²) in [5, 5.41) is 0. The summed E-state index contributed by atoms with van der Waals surface area (Å²) >= 11 is 0. The Morgan fingerprint density at radius 2 is 2.04 bits per heavy atom. The second-order valence-electron chi connectivity index (χ2n) is 6.42. The van der Waals surface area contributed by atoms with E-state index >= 15 is 0 Å². The number of hydrogen-bond donors (Lipinski definition) is 0. The average molecular weight is 343 g/mol. The van der Waals surface area contributed by atoms with Crippen molar-refractivity contribution < 1.29 is 18.3 Å². The zero-order chi connectivity index (χ0) is 16.9. The maximum atomic E-state index is 12.5. The van der Waals surface area contributed by atoms with Crippen LogP contribution < -0.4 is 5.56 Å². The van der Waals surface area contributed by atoms with Crippen LogP contribution in [-0.2, 0) is 16.0 Å². The maximum absolute atomic E-state index is 12.5. The quantitative estimate of drug-likeness (QED) is 0.807. The first-order chi connectivity index (χ1) is 11.6. The van der Waals surface area contributed by atoms with Crippen molar-refractivity contribution in [1.29, 1.82) is 0 Å². The lowest BCUT2D eigenvalue weighted by atomic mass is 9.96. The molecule has 1 unspecified atom stereocenters. The fourth-order valence-electron chi connectivity index (χ4n) is 3.26. The Hall–Kier alpha value is -1.38. The van der Waals surface area contributed by atoms with Gasteiger partial charge in [-0.3, -0.25) is 9.36 Å². The number of alkyl halides is 2. The van der Waals surface area contributed by atoms with E-state index in [9.17, 15) is 13.6 Å². The molecule has 6 nitrogen and oxygen atoms in total. The molecule has 0 radical (unpaired) electrons. The van der Waals surface area contributed by atoms with Gasteiger partial charge in [0.2, 0.25) is 0 Å². The average Bonchev–Trinajstić information content (AvgIpc) is 2.59. The van der Waals surface area contributed by atoms with Gasteiger partial charge in [-0.25, -0.2) is 13.8 Å².